The molecule has 112 valence electrons. The highest BCUT2D eigenvalue weighted by atomic mass is 16.5. The standard InChI is InChI=1S/C17H21NO3/c1-13(2)9-10-20-17(19)8-7-15-5-4-6-16(11-15)21-14(3)12-18/h4-8,11,13-14H,9-10H2,1-3H3/b8-7+. The van der Waals surface area contributed by atoms with E-state index in [0.717, 1.165) is 12.0 Å². The first kappa shape index (κ1) is 16.8. The van der Waals surface area contributed by atoms with Crippen molar-refractivity contribution >= 4 is 12.0 Å². The van der Waals surface area contributed by atoms with Gasteiger partial charge in [0.1, 0.15) is 11.8 Å². The van der Waals surface area contributed by atoms with Crippen molar-refractivity contribution in [3.8, 4) is 11.8 Å². The highest BCUT2D eigenvalue weighted by molar-refractivity contribution is 5.87. The van der Waals surface area contributed by atoms with Gasteiger partial charge >= 0.3 is 5.97 Å². The minimum Gasteiger partial charge on any atom is -0.476 e. The van der Waals surface area contributed by atoms with Crippen LogP contribution >= 0.6 is 0 Å². The van der Waals surface area contributed by atoms with Crippen LogP contribution in [0.3, 0.4) is 0 Å². The lowest BCUT2D eigenvalue weighted by atomic mass is 10.1. The summed E-state index contributed by atoms with van der Waals surface area (Å²) in [5.41, 5.74) is 0.818. The Morgan fingerprint density at radius 2 is 2.14 bits per heavy atom. The number of benzene rings is 1. The molecule has 0 saturated carbocycles. The van der Waals surface area contributed by atoms with E-state index in [9.17, 15) is 4.79 Å². The fourth-order valence-corrected chi connectivity index (χ4v) is 1.53. The lowest BCUT2D eigenvalue weighted by Gasteiger charge is -2.07. The van der Waals surface area contributed by atoms with Gasteiger partial charge in [0.05, 0.1) is 6.61 Å². The lowest BCUT2D eigenvalue weighted by molar-refractivity contribution is -0.137. The molecular weight excluding hydrogens is 266 g/mol. The molecule has 1 unspecified atom stereocenters. The zero-order chi connectivity index (χ0) is 15.7. The van der Waals surface area contributed by atoms with Crippen LogP contribution in [-0.2, 0) is 9.53 Å². The molecule has 0 radical (unpaired) electrons. The number of hydrogen-bond donors (Lipinski definition) is 0. The predicted molar refractivity (Wildman–Crippen MR) is 81.6 cm³/mol. The van der Waals surface area contributed by atoms with Crippen molar-refractivity contribution < 1.29 is 14.3 Å². The fourth-order valence-electron chi connectivity index (χ4n) is 1.53. The first-order valence-electron chi connectivity index (χ1n) is 7.02. The van der Waals surface area contributed by atoms with Crippen LogP contribution in [0.15, 0.2) is 30.3 Å². The van der Waals surface area contributed by atoms with E-state index in [1.807, 2.05) is 18.2 Å². The average Bonchev–Trinajstić information content (AvgIpc) is 2.45. The number of carbonyl (C=O) groups is 1. The van der Waals surface area contributed by atoms with Crippen molar-refractivity contribution in [2.45, 2.75) is 33.3 Å². The number of nitrogens with zero attached hydrogens (tertiary/aromatic N) is 1. The second kappa shape index (κ2) is 8.80. The van der Waals surface area contributed by atoms with Crippen molar-refractivity contribution in [3.05, 3.63) is 35.9 Å². The minimum absolute atomic E-state index is 0.354. The Morgan fingerprint density at radius 1 is 1.38 bits per heavy atom. The summed E-state index contributed by atoms with van der Waals surface area (Å²) in [7, 11) is 0. The Bertz CT molecular complexity index is 529. The Kier molecular flexibility index (Phi) is 7.03. The van der Waals surface area contributed by atoms with Crippen molar-refractivity contribution in [1.29, 1.82) is 5.26 Å². The summed E-state index contributed by atoms with van der Waals surface area (Å²) in [4.78, 5) is 11.5. The quantitative estimate of drug-likeness (QED) is 0.568. The molecule has 0 aliphatic carbocycles. The van der Waals surface area contributed by atoms with Gasteiger partial charge in [-0.25, -0.2) is 4.79 Å². The molecule has 4 heteroatoms. The molecule has 21 heavy (non-hydrogen) atoms. The summed E-state index contributed by atoms with van der Waals surface area (Å²) in [5, 5.41) is 8.71. The summed E-state index contributed by atoms with van der Waals surface area (Å²) < 4.78 is 10.5. The first-order valence-corrected chi connectivity index (χ1v) is 7.02. The molecule has 0 spiro atoms. The Labute approximate surface area is 126 Å². The zero-order valence-corrected chi connectivity index (χ0v) is 12.7. The van der Waals surface area contributed by atoms with Crippen LogP contribution in [0.25, 0.3) is 6.08 Å². The molecule has 1 aromatic rings. The topological polar surface area (TPSA) is 59.3 Å². The number of rotatable bonds is 7. The fraction of sp³-hybridized carbons (Fsp3) is 0.412. The van der Waals surface area contributed by atoms with Crippen LogP contribution in [0.5, 0.6) is 5.75 Å². The second-order valence-corrected chi connectivity index (χ2v) is 5.15. The summed E-state index contributed by atoms with van der Waals surface area (Å²) in [6.45, 7) is 6.27. The Balaban J connectivity index is 2.54. The molecule has 1 aromatic carbocycles. The highest BCUT2D eigenvalue weighted by Crippen LogP contribution is 2.16. The monoisotopic (exact) mass is 287 g/mol. The van der Waals surface area contributed by atoms with Crippen molar-refractivity contribution in [3.63, 3.8) is 0 Å². The van der Waals surface area contributed by atoms with Gasteiger partial charge in [-0.2, -0.15) is 5.26 Å². The molecule has 0 aliphatic heterocycles. The third kappa shape index (κ3) is 7.17. The molecule has 1 atom stereocenters. The lowest BCUT2D eigenvalue weighted by Crippen LogP contribution is -2.07. The van der Waals surface area contributed by atoms with Crippen molar-refractivity contribution in [2.75, 3.05) is 6.61 Å². The van der Waals surface area contributed by atoms with E-state index in [1.54, 1.807) is 25.1 Å². The van der Waals surface area contributed by atoms with Gasteiger partial charge in [-0.3, -0.25) is 0 Å². The number of carbonyl (C=O) groups excluding carboxylic acids is 1. The van der Waals surface area contributed by atoms with Gasteiger partial charge in [0.25, 0.3) is 0 Å². The third-order valence-corrected chi connectivity index (χ3v) is 2.70. The molecular formula is C17H21NO3. The third-order valence-electron chi connectivity index (χ3n) is 2.70. The molecule has 4 nitrogen and oxygen atoms in total. The van der Waals surface area contributed by atoms with Gasteiger partial charge < -0.3 is 9.47 Å². The van der Waals surface area contributed by atoms with Gasteiger partial charge in [-0.1, -0.05) is 26.0 Å². The molecule has 0 amide bonds. The van der Waals surface area contributed by atoms with Gasteiger partial charge in [0.15, 0.2) is 6.10 Å². The SMILES string of the molecule is CC(C)CCOC(=O)/C=C/c1cccc(OC(C)C#N)c1. The van der Waals surface area contributed by atoms with E-state index in [0.29, 0.717) is 18.3 Å². The van der Waals surface area contributed by atoms with Gasteiger partial charge in [0, 0.05) is 6.08 Å². The highest BCUT2D eigenvalue weighted by Gasteiger charge is 2.02. The number of nitriles is 1. The van der Waals surface area contributed by atoms with Crippen LogP contribution in [-0.4, -0.2) is 18.7 Å². The van der Waals surface area contributed by atoms with E-state index in [2.05, 4.69) is 13.8 Å². The van der Waals surface area contributed by atoms with Crippen LogP contribution in [0.1, 0.15) is 32.8 Å². The molecule has 0 bridgehead atoms. The van der Waals surface area contributed by atoms with Gasteiger partial charge in [0.2, 0.25) is 0 Å². The minimum atomic E-state index is -0.509. The molecule has 0 N–H and O–H groups in total. The largest absolute Gasteiger partial charge is 0.476 e. The average molecular weight is 287 g/mol. The molecule has 0 fully saturated rings. The molecule has 1 rings (SSSR count). The zero-order valence-electron chi connectivity index (χ0n) is 12.7. The Morgan fingerprint density at radius 3 is 2.81 bits per heavy atom. The number of esters is 1. The summed E-state index contributed by atoms with van der Waals surface area (Å²) in [6, 6.07) is 9.20. The van der Waals surface area contributed by atoms with Crippen LogP contribution < -0.4 is 4.74 Å². The van der Waals surface area contributed by atoms with Crippen LogP contribution in [0, 0.1) is 17.2 Å². The first-order chi connectivity index (χ1) is 10.0. The second-order valence-electron chi connectivity index (χ2n) is 5.15. The van der Waals surface area contributed by atoms with Crippen molar-refractivity contribution in [1.82, 2.24) is 0 Å². The van der Waals surface area contributed by atoms with E-state index < -0.39 is 6.10 Å². The molecule has 0 saturated heterocycles. The normalized spacial score (nSPS) is 12.1. The van der Waals surface area contributed by atoms with E-state index >= 15 is 0 Å². The van der Waals surface area contributed by atoms with Crippen LogP contribution in [0.2, 0.25) is 0 Å². The smallest absolute Gasteiger partial charge is 0.330 e. The predicted octanol–water partition coefficient (Wildman–Crippen LogP) is 3.58. The summed E-state index contributed by atoms with van der Waals surface area (Å²) in [5.74, 6) is 0.754. The molecule has 0 heterocycles. The number of ether oxygens (including phenoxy) is 2. The summed E-state index contributed by atoms with van der Waals surface area (Å²) in [6.07, 6.45) is 3.41. The van der Waals surface area contributed by atoms with E-state index in [-0.39, 0.29) is 5.97 Å². The maximum atomic E-state index is 11.5. The Hall–Kier alpha value is -2.28. The number of hydrogen-bond acceptors (Lipinski definition) is 4. The van der Waals surface area contributed by atoms with E-state index in [4.69, 9.17) is 14.7 Å². The van der Waals surface area contributed by atoms with E-state index in [1.165, 1.54) is 6.08 Å². The maximum Gasteiger partial charge on any atom is 0.330 e. The maximum absolute atomic E-state index is 11.5. The molecule has 0 aromatic heterocycles. The summed E-state index contributed by atoms with van der Waals surface area (Å²) >= 11 is 0. The van der Waals surface area contributed by atoms with Gasteiger partial charge in [-0.05, 0) is 43.0 Å². The van der Waals surface area contributed by atoms with Gasteiger partial charge in [-0.15, -0.1) is 0 Å². The van der Waals surface area contributed by atoms with Crippen molar-refractivity contribution in [2.24, 2.45) is 5.92 Å². The van der Waals surface area contributed by atoms with Crippen LogP contribution in [0.4, 0.5) is 0 Å². The molecule has 0 aliphatic rings.